The number of thiophene rings is 1. The number of carbonyl (C=O) groups is 2. The van der Waals surface area contributed by atoms with E-state index in [0.717, 1.165) is 41.0 Å². The van der Waals surface area contributed by atoms with Crippen molar-refractivity contribution in [1.29, 1.82) is 0 Å². The van der Waals surface area contributed by atoms with Gasteiger partial charge in [0.15, 0.2) is 0 Å². The lowest BCUT2D eigenvalue weighted by Crippen LogP contribution is -2.15. The van der Waals surface area contributed by atoms with Gasteiger partial charge in [0.25, 0.3) is 5.91 Å². The molecule has 30 heavy (non-hydrogen) atoms. The summed E-state index contributed by atoms with van der Waals surface area (Å²) >= 11 is 1.38. The third-order valence-electron chi connectivity index (χ3n) is 5.37. The summed E-state index contributed by atoms with van der Waals surface area (Å²) < 4.78 is 0. The van der Waals surface area contributed by atoms with Crippen LogP contribution in [0.1, 0.15) is 42.3 Å². The van der Waals surface area contributed by atoms with E-state index in [2.05, 4.69) is 16.3 Å². The quantitative estimate of drug-likeness (QED) is 0.620. The minimum absolute atomic E-state index is 0.193. The van der Waals surface area contributed by atoms with E-state index in [9.17, 15) is 14.7 Å². The second-order valence-electron chi connectivity index (χ2n) is 7.91. The molecule has 1 amide bonds. The number of hydrogen-bond acceptors (Lipinski definition) is 4. The molecule has 3 aromatic rings. The first-order valence-electron chi connectivity index (χ1n) is 9.88. The number of hydrogen-bond donors (Lipinski definition) is 2. The first kappa shape index (κ1) is 20.3. The Hall–Kier alpha value is -2.96. The predicted molar refractivity (Wildman–Crippen MR) is 121 cm³/mol. The van der Waals surface area contributed by atoms with Gasteiger partial charge in [0.2, 0.25) is 0 Å². The van der Waals surface area contributed by atoms with E-state index in [-0.39, 0.29) is 11.5 Å². The van der Waals surface area contributed by atoms with E-state index < -0.39 is 5.97 Å². The van der Waals surface area contributed by atoms with Gasteiger partial charge in [-0.1, -0.05) is 35.9 Å². The Kier molecular flexibility index (Phi) is 5.45. The monoisotopic (exact) mass is 420 g/mol. The lowest BCUT2D eigenvalue weighted by Gasteiger charge is -2.22. The molecule has 0 aliphatic heterocycles. The minimum Gasteiger partial charge on any atom is -0.478 e. The molecular weight excluding hydrogens is 396 g/mol. The molecule has 0 bridgehead atoms. The van der Waals surface area contributed by atoms with Gasteiger partial charge in [-0.25, -0.2) is 4.79 Å². The van der Waals surface area contributed by atoms with Crippen LogP contribution in [0.5, 0.6) is 0 Å². The standard InChI is InChI=1S/C24H24N2O3S/c1-14-7-9-15(10-8-14)22(27)25-23-21(24(28)29)20-18-6-4-5-16(13-26(2)3)17(18)11-12-19(20)30-23/h4-10H,11-13H2,1-3H3,(H,25,27)(H,28,29). The predicted octanol–water partition coefficient (Wildman–Crippen LogP) is 4.83. The summed E-state index contributed by atoms with van der Waals surface area (Å²) in [6.07, 6.45) is 1.65. The van der Waals surface area contributed by atoms with Crippen molar-refractivity contribution in [3.05, 3.63) is 75.2 Å². The molecule has 2 aromatic carbocycles. The molecule has 1 aliphatic rings. The zero-order valence-electron chi connectivity index (χ0n) is 17.3. The third-order valence-corrected chi connectivity index (χ3v) is 6.53. The van der Waals surface area contributed by atoms with Crippen molar-refractivity contribution in [2.45, 2.75) is 26.3 Å². The van der Waals surface area contributed by atoms with Gasteiger partial charge in [0.1, 0.15) is 10.6 Å². The van der Waals surface area contributed by atoms with Crippen molar-refractivity contribution in [1.82, 2.24) is 4.90 Å². The highest BCUT2D eigenvalue weighted by atomic mass is 32.1. The van der Waals surface area contributed by atoms with Gasteiger partial charge in [-0.2, -0.15) is 0 Å². The van der Waals surface area contributed by atoms with E-state index in [1.807, 2.05) is 45.3 Å². The molecule has 0 unspecified atom stereocenters. The third kappa shape index (κ3) is 3.76. The summed E-state index contributed by atoms with van der Waals surface area (Å²) in [5.74, 6) is -1.31. The fraction of sp³-hybridized carbons (Fsp3) is 0.250. The Balaban J connectivity index is 1.77. The lowest BCUT2D eigenvalue weighted by atomic mass is 9.85. The molecule has 1 aliphatic carbocycles. The Labute approximate surface area is 180 Å². The molecule has 4 rings (SSSR count). The van der Waals surface area contributed by atoms with Crippen LogP contribution in [0.2, 0.25) is 0 Å². The summed E-state index contributed by atoms with van der Waals surface area (Å²) in [5, 5.41) is 13.3. The summed E-state index contributed by atoms with van der Waals surface area (Å²) in [4.78, 5) is 28.1. The SMILES string of the molecule is Cc1ccc(C(=O)Nc2sc3c(c2C(=O)O)-c2cccc(CN(C)C)c2CC3)cc1. The van der Waals surface area contributed by atoms with Gasteiger partial charge in [0, 0.05) is 22.5 Å². The largest absolute Gasteiger partial charge is 0.478 e. The fourth-order valence-corrected chi connectivity index (χ4v) is 5.20. The van der Waals surface area contributed by atoms with Crippen molar-refractivity contribution < 1.29 is 14.7 Å². The average molecular weight is 421 g/mol. The molecule has 0 spiro atoms. The fourth-order valence-electron chi connectivity index (χ4n) is 4.00. The van der Waals surface area contributed by atoms with Gasteiger partial charge >= 0.3 is 5.97 Å². The van der Waals surface area contributed by atoms with Gasteiger partial charge in [0.05, 0.1) is 0 Å². The number of carboxylic acids is 1. The molecule has 6 heteroatoms. The summed E-state index contributed by atoms with van der Waals surface area (Å²) in [6, 6.07) is 13.3. The Morgan fingerprint density at radius 3 is 2.50 bits per heavy atom. The van der Waals surface area contributed by atoms with Crippen LogP contribution < -0.4 is 5.32 Å². The summed E-state index contributed by atoms with van der Waals surface area (Å²) in [7, 11) is 4.05. The lowest BCUT2D eigenvalue weighted by molar-refractivity contribution is 0.0699. The van der Waals surface area contributed by atoms with Crippen molar-refractivity contribution in [2.24, 2.45) is 0 Å². The van der Waals surface area contributed by atoms with Crippen LogP contribution in [0, 0.1) is 6.92 Å². The van der Waals surface area contributed by atoms with E-state index in [1.54, 1.807) is 12.1 Å². The molecule has 0 saturated carbocycles. The van der Waals surface area contributed by atoms with Gasteiger partial charge in [-0.05, 0) is 62.7 Å². The van der Waals surface area contributed by atoms with E-state index >= 15 is 0 Å². The van der Waals surface area contributed by atoms with E-state index in [1.165, 1.54) is 22.5 Å². The maximum atomic E-state index is 12.7. The van der Waals surface area contributed by atoms with Crippen LogP contribution in [0.15, 0.2) is 42.5 Å². The number of aromatic carboxylic acids is 1. The maximum Gasteiger partial charge on any atom is 0.339 e. The van der Waals surface area contributed by atoms with Gasteiger partial charge in [-0.3, -0.25) is 4.79 Å². The van der Waals surface area contributed by atoms with Crippen LogP contribution in [0.25, 0.3) is 11.1 Å². The maximum absolute atomic E-state index is 12.7. The zero-order valence-corrected chi connectivity index (χ0v) is 18.1. The van der Waals surface area contributed by atoms with Gasteiger partial charge in [-0.15, -0.1) is 11.3 Å². The number of benzene rings is 2. The van der Waals surface area contributed by atoms with Crippen LogP contribution in [-0.2, 0) is 19.4 Å². The Morgan fingerprint density at radius 1 is 1.10 bits per heavy atom. The second kappa shape index (κ2) is 8.05. The Bertz CT molecular complexity index is 1130. The second-order valence-corrected chi connectivity index (χ2v) is 9.02. The number of nitrogens with zero attached hydrogens (tertiary/aromatic N) is 1. The van der Waals surface area contributed by atoms with Crippen molar-refractivity contribution >= 4 is 28.2 Å². The number of anilines is 1. The molecule has 154 valence electrons. The summed E-state index contributed by atoms with van der Waals surface area (Å²) in [5.41, 5.74) is 5.92. The number of carbonyl (C=O) groups excluding carboxylic acids is 1. The number of aryl methyl sites for hydroxylation is 2. The van der Waals surface area contributed by atoms with E-state index in [0.29, 0.717) is 10.6 Å². The molecule has 0 atom stereocenters. The highest BCUT2D eigenvalue weighted by molar-refractivity contribution is 7.17. The molecule has 0 fully saturated rings. The van der Waals surface area contributed by atoms with Gasteiger partial charge < -0.3 is 15.3 Å². The molecule has 1 heterocycles. The molecule has 0 radical (unpaired) electrons. The average Bonchev–Trinajstić information content (AvgIpc) is 3.06. The number of carboxylic acid groups (broad SMARTS) is 1. The number of nitrogens with one attached hydrogen (secondary N) is 1. The highest BCUT2D eigenvalue weighted by Crippen LogP contribution is 2.46. The van der Waals surface area contributed by atoms with Crippen molar-refractivity contribution in [2.75, 3.05) is 19.4 Å². The highest BCUT2D eigenvalue weighted by Gasteiger charge is 2.30. The van der Waals surface area contributed by atoms with Crippen LogP contribution in [-0.4, -0.2) is 36.0 Å². The first-order chi connectivity index (χ1) is 14.3. The smallest absolute Gasteiger partial charge is 0.339 e. The normalized spacial score (nSPS) is 12.4. The number of rotatable bonds is 5. The van der Waals surface area contributed by atoms with E-state index in [4.69, 9.17) is 0 Å². The van der Waals surface area contributed by atoms with Crippen LogP contribution in [0.3, 0.4) is 0 Å². The molecule has 0 saturated heterocycles. The molecule has 2 N–H and O–H groups in total. The van der Waals surface area contributed by atoms with Crippen LogP contribution in [0.4, 0.5) is 5.00 Å². The summed E-state index contributed by atoms with van der Waals surface area (Å²) in [6.45, 7) is 2.77. The number of amides is 1. The van der Waals surface area contributed by atoms with Crippen molar-refractivity contribution in [3.63, 3.8) is 0 Å². The number of fused-ring (bicyclic) bond motifs is 3. The zero-order chi connectivity index (χ0) is 21.4. The molecule has 1 aromatic heterocycles. The first-order valence-corrected chi connectivity index (χ1v) is 10.7. The van der Waals surface area contributed by atoms with Crippen molar-refractivity contribution in [3.8, 4) is 11.1 Å². The Morgan fingerprint density at radius 2 is 1.83 bits per heavy atom. The molecular formula is C24H24N2O3S. The minimum atomic E-state index is -1.02. The molecule has 5 nitrogen and oxygen atoms in total. The van der Waals surface area contributed by atoms with Crippen LogP contribution >= 0.6 is 11.3 Å². The topological polar surface area (TPSA) is 69.6 Å².